The van der Waals surface area contributed by atoms with Crippen LogP contribution in [0.25, 0.3) is 0 Å². The molecule has 2 unspecified atom stereocenters. The molecule has 0 radical (unpaired) electrons. The fraction of sp³-hybridized carbons (Fsp3) is 1.00. The molecule has 2 N–H and O–H groups in total. The minimum absolute atomic E-state index is 0.382. The lowest BCUT2D eigenvalue weighted by Crippen LogP contribution is -2.33. The first-order chi connectivity index (χ1) is 5.95. The Balaban J connectivity index is 3.55. The van der Waals surface area contributed by atoms with E-state index in [1.165, 1.54) is 19.3 Å². The highest BCUT2D eigenvalue weighted by Gasteiger charge is 2.15. The van der Waals surface area contributed by atoms with Crippen LogP contribution in [0.3, 0.4) is 0 Å². The first kappa shape index (κ1) is 13.0. The topological polar surface area (TPSA) is 26.0 Å². The third-order valence-corrected chi connectivity index (χ3v) is 2.87. The summed E-state index contributed by atoms with van der Waals surface area (Å²) in [6, 6.07) is 0.382. The van der Waals surface area contributed by atoms with Crippen molar-refractivity contribution in [1.82, 2.24) is 0 Å². The van der Waals surface area contributed by atoms with Crippen LogP contribution in [0.2, 0.25) is 0 Å². The molecule has 0 aromatic carbocycles. The van der Waals surface area contributed by atoms with Crippen molar-refractivity contribution in [2.75, 3.05) is 0 Å². The molecule has 1 nitrogen and oxygen atoms in total. The molecule has 13 heavy (non-hydrogen) atoms. The monoisotopic (exact) mass is 185 g/mol. The average Bonchev–Trinajstić information content (AvgIpc) is 2.02. The molecule has 0 aromatic heterocycles. The number of nitrogens with two attached hydrogens (primary N) is 1. The summed E-state index contributed by atoms with van der Waals surface area (Å²) in [4.78, 5) is 0. The van der Waals surface area contributed by atoms with Crippen molar-refractivity contribution in [2.45, 2.75) is 59.9 Å². The van der Waals surface area contributed by atoms with Gasteiger partial charge in [0.05, 0.1) is 0 Å². The van der Waals surface area contributed by atoms with Crippen LogP contribution in [0.5, 0.6) is 0 Å². The molecule has 0 aliphatic heterocycles. The zero-order valence-corrected chi connectivity index (χ0v) is 10.0. The summed E-state index contributed by atoms with van der Waals surface area (Å²) in [5, 5.41) is 0. The summed E-state index contributed by atoms with van der Waals surface area (Å²) < 4.78 is 0. The Morgan fingerprint density at radius 2 is 1.46 bits per heavy atom. The van der Waals surface area contributed by atoms with Crippen LogP contribution < -0.4 is 5.73 Å². The largest absolute Gasteiger partial charge is 0.327 e. The normalized spacial score (nSPS) is 16.6. The molecule has 0 heterocycles. The van der Waals surface area contributed by atoms with E-state index in [0.29, 0.717) is 17.9 Å². The standard InChI is InChI=1S/C12H27N/c1-9(2)7-6-8-11(5)12(13)10(3)4/h9-12H,6-8,13H2,1-5H3. The fourth-order valence-electron chi connectivity index (χ4n) is 1.70. The summed E-state index contributed by atoms with van der Waals surface area (Å²) >= 11 is 0. The summed E-state index contributed by atoms with van der Waals surface area (Å²) in [6.45, 7) is 11.3. The Hall–Kier alpha value is -0.0400. The highest BCUT2D eigenvalue weighted by molar-refractivity contribution is 4.72. The van der Waals surface area contributed by atoms with E-state index in [9.17, 15) is 0 Å². The van der Waals surface area contributed by atoms with E-state index >= 15 is 0 Å². The van der Waals surface area contributed by atoms with E-state index in [4.69, 9.17) is 5.73 Å². The van der Waals surface area contributed by atoms with Crippen LogP contribution in [0.1, 0.15) is 53.9 Å². The Bertz CT molecular complexity index is 118. The second kappa shape index (κ2) is 6.42. The summed E-state index contributed by atoms with van der Waals surface area (Å²) in [6.07, 6.45) is 3.96. The zero-order valence-electron chi connectivity index (χ0n) is 10.0. The molecule has 0 rings (SSSR count). The van der Waals surface area contributed by atoms with Crippen LogP contribution >= 0.6 is 0 Å². The predicted octanol–water partition coefficient (Wildman–Crippen LogP) is 3.43. The first-order valence-corrected chi connectivity index (χ1v) is 5.70. The molecule has 0 saturated heterocycles. The lowest BCUT2D eigenvalue weighted by Gasteiger charge is -2.23. The van der Waals surface area contributed by atoms with Crippen LogP contribution in [0, 0.1) is 17.8 Å². The van der Waals surface area contributed by atoms with Gasteiger partial charge in [0.15, 0.2) is 0 Å². The van der Waals surface area contributed by atoms with Crippen molar-refractivity contribution in [3.05, 3.63) is 0 Å². The van der Waals surface area contributed by atoms with Gasteiger partial charge in [-0.1, -0.05) is 47.5 Å². The highest BCUT2D eigenvalue weighted by atomic mass is 14.7. The number of hydrogen-bond donors (Lipinski definition) is 1. The molecule has 0 fully saturated rings. The van der Waals surface area contributed by atoms with Gasteiger partial charge in [0.25, 0.3) is 0 Å². The van der Waals surface area contributed by atoms with Crippen LogP contribution in [0.15, 0.2) is 0 Å². The lowest BCUT2D eigenvalue weighted by molar-refractivity contribution is 0.331. The minimum Gasteiger partial charge on any atom is -0.327 e. The highest BCUT2D eigenvalue weighted by Crippen LogP contribution is 2.18. The van der Waals surface area contributed by atoms with E-state index in [1.54, 1.807) is 0 Å². The van der Waals surface area contributed by atoms with Gasteiger partial charge in [0.2, 0.25) is 0 Å². The smallest absolute Gasteiger partial charge is 0.00877 e. The van der Waals surface area contributed by atoms with Gasteiger partial charge < -0.3 is 5.73 Å². The quantitative estimate of drug-likeness (QED) is 0.674. The molecule has 0 bridgehead atoms. The van der Waals surface area contributed by atoms with E-state index < -0.39 is 0 Å². The molecule has 2 atom stereocenters. The van der Waals surface area contributed by atoms with Crippen molar-refractivity contribution < 1.29 is 0 Å². The van der Waals surface area contributed by atoms with E-state index in [2.05, 4.69) is 34.6 Å². The van der Waals surface area contributed by atoms with Gasteiger partial charge in [-0.15, -0.1) is 0 Å². The second-order valence-corrected chi connectivity index (χ2v) is 5.12. The van der Waals surface area contributed by atoms with Crippen LogP contribution in [-0.2, 0) is 0 Å². The fourth-order valence-corrected chi connectivity index (χ4v) is 1.70. The molecular weight excluding hydrogens is 158 g/mol. The van der Waals surface area contributed by atoms with Crippen molar-refractivity contribution in [3.63, 3.8) is 0 Å². The van der Waals surface area contributed by atoms with Gasteiger partial charge in [-0.2, -0.15) is 0 Å². The molecule has 0 aliphatic carbocycles. The number of hydrogen-bond acceptors (Lipinski definition) is 1. The second-order valence-electron chi connectivity index (χ2n) is 5.12. The number of rotatable bonds is 6. The lowest BCUT2D eigenvalue weighted by atomic mass is 9.88. The third kappa shape index (κ3) is 6.09. The summed E-state index contributed by atoms with van der Waals surface area (Å²) in [5.41, 5.74) is 6.08. The third-order valence-electron chi connectivity index (χ3n) is 2.87. The molecule has 1 heteroatoms. The van der Waals surface area contributed by atoms with Crippen LogP contribution in [0.4, 0.5) is 0 Å². The van der Waals surface area contributed by atoms with Gasteiger partial charge in [-0.3, -0.25) is 0 Å². The molecule has 0 spiro atoms. The Morgan fingerprint density at radius 3 is 1.85 bits per heavy atom. The van der Waals surface area contributed by atoms with Crippen molar-refractivity contribution in [1.29, 1.82) is 0 Å². The Labute approximate surface area is 84.1 Å². The summed E-state index contributed by atoms with van der Waals surface area (Å²) in [7, 11) is 0. The van der Waals surface area contributed by atoms with Crippen molar-refractivity contribution in [3.8, 4) is 0 Å². The summed E-state index contributed by atoms with van der Waals surface area (Å²) in [5.74, 6) is 2.13. The molecule has 0 saturated carbocycles. The maximum atomic E-state index is 6.08. The first-order valence-electron chi connectivity index (χ1n) is 5.70. The average molecular weight is 185 g/mol. The predicted molar refractivity (Wildman–Crippen MR) is 60.7 cm³/mol. The molecule has 0 aliphatic rings. The SMILES string of the molecule is CC(C)CCCC(C)C(N)C(C)C. The van der Waals surface area contributed by atoms with Gasteiger partial charge in [-0.25, -0.2) is 0 Å². The van der Waals surface area contributed by atoms with Gasteiger partial charge >= 0.3 is 0 Å². The molecular formula is C12H27N. The van der Waals surface area contributed by atoms with Crippen molar-refractivity contribution in [2.24, 2.45) is 23.5 Å². The van der Waals surface area contributed by atoms with E-state index in [1.807, 2.05) is 0 Å². The minimum atomic E-state index is 0.382. The Morgan fingerprint density at radius 1 is 0.923 bits per heavy atom. The van der Waals surface area contributed by atoms with Gasteiger partial charge in [0.1, 0.15) is 0 Å². The van der Waals surface area contributed by atoms with Crippen LogP contribution in [-0.4, -0.2) is 6.04 Å². The van der Waals surface area contributed by atoms with E-state index in [0.717, 1.165) is 5.92 Å². The maximum Gasteiger partial charge on any atom is 0.00877 e. The maximum absolute atomic E-state index is 6.08. The molecule has 0 aromatic rings. The van der Waals surface area contributed by atoms with Gasteiger partial charge in [0, 0.05) is 6.04 Å². The molecule has 80 valence electrons. The van der Waals surface area contributed by atoms with Gasteiger partial charge in [-0.05, 0) is 24.2 Å². The van der Waals surface area contributed by atoms with Crippen molar-refractivity contribution >= 4 is 0 Å². The molecule has 0 amide bonds. The van der Waals surface area contributed by atoms with E-state index in [-0.39, 0.29) is 0 Å². The Kier molecular flexibility index (Phi) is 6.40. The zero-order chi connectivity index (χ0) is 10.4.